The van der Waals surface area contributed by atoms with Gasteiger partial charge in [0.2, 0.25) is 5.91 Å². The molecule has 0 aliphatic heterocycles. The molecule has 0 atom stereocenters. The fraction of sp³-hybridized carbons (Fsp3) is 0.467. The van der Waals surface area contributed by atoms with Crippen molar-refractivity contribution in [1.29, 1.82) is 0 Å². The van der Waals surface area contributed by atoms with E-state index in [2.05, 4.69) is 5.32 Å². The van der Waals surface area contributed by atoms with E-state index in [-0.39, 0.29) is 18.5 Å². The average Bonchev–Trinajstić information content (AvgIpc) is 2.35. The third kappa shape index (κ3) is 4.39. The molecule has 1 rings (SSSR count). The number of rotatable bonds is 6. The minimum atomic E-state index is -0.0331. The molecule has 0 spiro atoms. The second-order valence-corrected chi connectivity index (χ2v) is 4.92. The molecule has 1 aromatic rings. The Balaban J connectivity index is 2.91. The molecule has 0 heterocycles. The van der Waals surface area contributed by atoms with Crippen LogP contribution in [-0.4, -0.2) is 31.3 Å². The van der Waals surface area contributed by atoms with Gasteiger partial charge in [-0.1, -0.05) is 11.6 Å². The highest BCUT2D eigenvalue weighted by atomic mass is 16.2. The van der Waals surface area contributed by atoms with Crippen LogP contribution in [0.4, 0.5) is 5.69 Å². The number of nitrogens with one attached hydrogen (secondary N) is 1. The first-order valence-electron chi connectivity index (χ1n) is 6.58. The van der Waals surface area contributed by atoms with Crippen molar-refractivity contribution in [3.8, 4) is 0 Å². The summed E-state index contributed by atoms with van der Waals surface area (Å²) in [5, 5.41) is 2.86. The molecular formula is C15H22N2O2. The summed E-state index contributed by atoms with van der Waals surface area (Å²) < 4.78 is 0. The smallest absolute Gasteiger partial charge is 0.239 e. The fourth-order valence-corrected chi connectivity index (χ4v) is 1.96. The lowest BCUT2D eigenvalue weighted by atomic mass is 10.1. The van der Waals surface area contributed by atoms with Gasteiger partial charge in [-0.3, -0.25) is 9.59 Å². The zero-order valence-electron chi connectivity index (χ0n) is 12.1. The van der Waals surface area contributed by atoms with E-state index in [0.29, 0.717) is 12.1 Å². The molecule has 104 valence electrons. The van der Waals surface area contributed by atoms with E-state index in [1.807, 2.05) is 50.8 Å². The van der Waals surface area contributed by atoms with E-state index >= 15 is 0 Å². The van der Waals surface area contributed by atoms with Gasteiger partial charge in [0.25, 0.3) is 0 Å². The topological polar surface area (TPSA) is 49.4 Å². The minimum absolute atomic E-state index is 0.0331. The summed E-state index contributed by atoms with van der Waals surface area (Å²) in [5.74, 6) is -0.0331. The molecule has 0 fully saturated rings. The molecule has 0 radical (unpaired) electrons. The van der Waals surface area contributed by atoms with Crippen LogP contribution in [0.15, 0.2) is 18.2 Å². The Hall–Kier alpha value is -1.84. The van der Waals surface area contributed by atoms with Crippen molar-refractivity contribution >= 4 is 17.9 Å². The Kier molecular flexibility index (Phi) is 5.55. The highest BCUT2D eigenvalue weighted by Crippen LogP contribution is 2.20. The van der Waals surface area contributed by atoms with Gasteiger partial charge in [0.15, 0.2) is 6.29 Å². The van der Waals surface area contributed by atoms with Crippen LogP contribution in [0.5, 0.6) is 0 Å². The summed E-state index contributed by atoms with van der Waals surface area (Å²) in [7, 11) is 0. The molecule has 0 aliphatic rings. The molecule has 4 heteroatoms. The predicted molar refractivity (Wildman–Crippen MR) is 77.7 cm³/mol. The molecule has 1 aromatic carbocycles. The molecule has 0 saturated carbocycles. The normalized spacial score (nSPS) is 10.4. The minimum Gasteiger partial charge on any atom is -0.362 e. The van der Waals surface area contributed by atoms with E-state index in [4.69, 9.17) is 0 Å². The largest absolute Gasteiger partial charge is 0.362 e. The highest BCUT2D eigenvalue weighted by Gasteiger charge is 2.13. The number of aldehydes is 1. The number of nitrogens with zero attached hydrogens (tertiary/aromatic N) is 1. The summed E-state index contributed by atoms with van der Waals surface area (Å²) in [6.45, 7) is 8.71. The maximum atomic E-state index is 11.8. The van der Waals surface area contributed by atoms with Gasteiger partial charge in [-0.05, 0) is 39.8 Å². The standard InChI is InChI=1S/C15H22N2O2/c1-5-17(9-15(19)16-11(2)3)14-7-6-12(4)8-13(14)10-18/h6-8,10-11H,5,9H2,1-4H3,(H,16,19). The van der Waals surface area contributed by atoms with Crippen LogP contribution >= 0.6 is 0 Å². The molecule has 0 saturated heterocycles. The maximum Gasteiger partial charge on any atom is 0.239 e. The Bertz CT molecular complexity index is 455. The van der Waals surface area contributed by atoms with Crippen molar-refractivity contribution in [2.45, 2.75) is 33.7 Å². The van der Waals surface area contributed by atoms with E-state index in [1.165, 1.54) is 0 Å². The van der Waals surface area contributed by atoms with E-state index in [1.54, 1.807) is 0 Å². The zero-order valence-corrected chi connectivity index (χ0v) is 12.1. The first-order valence-corrected chi connectivity index (χ1v) is 6.58. The molecular weight excluding hydrogens is 240 g/mol. The predicted octanol–water partition coefficient (Wildman–Crippen LogP) is 2.16. The molecule has 1 N–H and O–H groups in total. The Morgan fingerprint density at radius 1 is 1.42 bits per heavy atom. The van der Waals surface area contributed by atoms with Crippen LogP contribution in [0.3, 0.4) is 0 Å². The number of likely N-dealkylation sites (N-methyl/N-ethyl adjacent to an activating group) is 1. The van der Waals surface area contributed by atoms with Crippen molar-refractivity contribution in [2.24, 2.45) is 0 Å². The van der Waals surface area contributed by atoms with Gasteiger partial charge < -0.3 is 10.2 Å². The lowest BCUT2D eigenvalue weighted by Crippen LogP contribution is -2.40. The number of carbonyl (C=O) groups is 2. The molecule has 0 unspecified atom stereocenters. The summed E-state index contributed by atoms with van der Waals surface area (Å²) >= 11 is 0. The van der Waals surface area contributed by atoms with Gasteiger partial charge in [0.05, 0.1) is 6.54 Å². The van der Waals surface area contributed by atoms with Crippen LogP contribution in [0.1, 0.15) is 36.7 Å². The van der Waals surface area contributed by atoms with E-state index in [0.717, 1.165) is 17.5 Å². The average molecular weight is 262 g/mol. The summed E-state index contributed by atoms with van der Waals surface area (Å²) in [6.07, 6.45) is 0.839. The van der Waals surface area contributed by atoms with Crippen molar-refractivity contribution in [1.82, 2.24) is 5.32 Å². The maximum absolute atomic E-state index is 11.8. The number of hydrogen-bond donors (Lipinski definition) is 1. The Labute approximate surface area is 114 Å². The van der Waals surface area contributed by atoms with Crippen LogP contribution in [0, 0.1) is 6.92 Å². The third-order valence-electron chi connectivity index (χ3n) is 2.82. The number of benzene rings is 1. The second-order valence-electron chi connectivity index (χ2n) is 4.92. The summed E-state index contributed by atoms with van der Waals surface area (Å²) in [6, 6.07) is 5.80. The van der Waals surface area contributed by atoms with Crippen molar-refractivity contribution in [3.63, 3.8) is 0 Å². The van der Waals surface area contributed by atoms with Gasteiger partial charge in [0, 0.05) is 23.8 Å². The lowest BCUT2D eigenvalue weighted by molar-refractivity contribution is -0.120. The summed E-state index contributed by atoms with van der Waals surface area (Å²) in [5.41, 5.74) is 2.47. The van der Waals surface area contributed by atoms with Crippen molar-refractivity contribution in [3.05, 3.63) is 29.3 Å². The van der Waals surface area contributed by atoms with Crippen LogP contribution in [0.2, 0.25) is 0 Å². The molecule has 19 heavy (non-hydrogen) atoms. The van der Waals surface area contributed by atoms with Crippen LogP contribution < -0.4 is 10.2 Å². The molecule has 1 amide bonds. The van der Waals surface area contributed by atoms with Gasteiger partial charge in [-0.15, -0.1) is 0 Å². The van der Waals surface area contributed by atoms with Crippen LogP contribution in [0.25, 0.3) is 0 Å². The number of aryl methyl sites for hydroxylation is 1. The summed E-state index contributed by atoms with van der Waals surface area (Å²) in [4.78, 5) is 24.9. The number of carbonyl (C=O) groups excluding carboxylic acids is 2. The molecule has 4 nitrogen and oxygen atoms in total. The number of amides is 1. The van der Waals surface area contributed by atoms with Gasteiger partial charge >= 0.3 is 0 Å². The van der Waals surface area contributed by atoms with Gasteiger partial charge in [0.1, 0.15) is 0 Å². The van der Waals surface area contributed by atoms with E-state index < -0.39 is 0 Å². The number of hydrogen-bond acceptors (Lipinski definition) is 3. The van der Waals surface area contributed by atoms with Crippen molar-refractivity contribution in [2.75, 3.05) is 18.0 Å². The van der Waals surface area contributed by atoms with E-state index in [9.17, 15) is 9.59 Å². The molecule has 0 aromatic heterocycles. The monoisotopic (exact) mass is 262 g/mol. The first kappa shape index (κ1) is 15.2. The SMILES string of the molecule is CCN(CC(=O)NC(C)C)c1ccc(C)cc1C=O. The van der Waals surface area contributed by atoms with Crippen LogP contribution in [-0.2, 0) is 4.79 Å². The van der Waals surface area contributed by atoms with Gasteiger partial charge in [-0.25, -0.2) is 0 Å². The number of anilines is 1. The van der Waals surface area contributed by atoms with Gasteiger partial charge in [-0.2, -0.15) is 0 Å². The zero-order chi connectivity index (χ0) is 14.4. The second kappa shape index (κ2) is 6.92. The lowest BCUT2D eigenvalue weighted by Gasteiger charge is -2.24. The molecule has 0 aliphatic carbocycles. The quantitative estimate of drug-likeness (QED) is 0.799. The Morgan fingerprint density at radius 2 is 2.11 bits per heavy atom. The Morgan fingerprint density at radius 3 is 2.63 bits per heavy atom. The fourth-order valence-electron chi connectivity index (χ4n) is 1.96. The van der Waals surface area contributed by atoms with Crippen molar-refractivity contribution < 1.29 is 9.59 Å². The highest BCUT2D eigenvalue weighted by molar-refractivity contribution is 5.88. The third-order valence-corrected chi connectivity index (χ3v) is 2.82. The first-order chi connectivity index (χ1) is 8.97. The molecule has 0 bridgehead atoms.